The highest BCUT2D eigenvalue weighted by atomic mass is 32.2. The second kappa shape index (κ2) is 8.31. The van der Waals surface area contributed by atoms with E-state index in [1.165, 1.54) is 23.5 Å². The molecular formula is C19H17N5O4S. The minimum absolute atomic E-state index is 0.0732. The molecule has 0 saturated carbocycles. The van der Waals surface area contributed by atoms with Crippen LogP contribution in [0, 0.1) is 0 Å². The van der Waals surface area contributed by atoms with Gasteiger partial charge < -0.3 is 14.8 Å². The summed E-state index contributed by atoms with van der Waals surface area (Å²) in [5.74, 6) is 1.15. The van der Waals surface area contributed by atoms with Crippen LogP contribution in [0.2, 0.25) is 0 Å². The van der Waals surface area contributed by atoms with E-state index in [2.05, 4.69) is 20.7 Å². The third-order valence-electron chi connectivity index (χ3n) is 3.99. The van der Waals surface area contributed by atoms with Crippen LogP contribution in [-0.4, -0.2) is 50.9 Å². The lowest BCUT2D eigenvalue weighted by atomic mass is 10.1. The summed E-state index contributed by atoms with van der Waals surface area (Å²) in [7, 11) is 0. The number of Topliss-reactive ketones (excluding diaryl/α,β-unsaturated/α-hetero) is 1. The number of carbonyl (C=O) groups excluding carboxylic acids is 2. The molecule has 0 spiro atoms. The van der Waals surface area contributed by atoms with Crippen molar-refractivity contribution in [1.82, 2.24) is 20.2 Å². The number of carbonyl (C=O) groups is 2. The van der Waals surface area contributed by atoms with Gasteiger partial charge in [0.25, 0.3) is 0 Å². The molecule has 2 aromatic carbocycles. The lowest BCUT2D eigenvalue weighted by Crippen LogP contribution is -2.16. The largest absolute Gasteiger partial charge is 0.486 e. The predicted molar refractivity (Wildman–Crippen MR) is 106 cm³/mol. The van der Waals surface area contributed by atoms with Gasteiger partial charge >= 0.3 is 0 Å². The van der Waals surface area contributed by atoms with Gasteiger partial charge in [-0.2, -0.15) is 0 Å². The van der Waals surface area contributed by atoms with Crippen molar-refractivity contribution in [3.05, 3.63) is 48.0 Å². The Morgan fingerprint density at radius 2 is 1.97 bits per heavy atom. The standard InChI is InChI=1S/C19H17N5O4S/c1-12(25)20-14-3-2-4-15(10-14)24-22-19(21-23-24)29-11-16(26)13-5-6-17-18(9-13)28-8-7-27-17/h2-6,9-10H,7-8,11H2,1H3,(H,20,25). The van der Waals surface area contributed by atoms with E-state index in [9.17, 15) is 9.59 Å². The summed E-state index contributed by atoms with van der Waals surface area (Å²) < 4.78 is 11.0. The molecule has 0 saturated heterocycles. The highest BCUT2D eigenvalue weighted by Crippen LogP contribution is 2.31. The van der Waals surface area contributed by atoms with Crippen LogP contribution < -0.4 is 14.8 Å². The van der Waals surface area contributed by atoms with Gasteiger partial charge in [0.1, 0.15) is 13.2 Å². The van der Waals surface area contributed by atoms with Gasteiger partial charge in [0.15, 0.2) is 17.3 Å². The average Bonchev–Trinajstić information content (AvgIpc) is 3.20. The van der Waals surface area contributed by atoms with Gasteiger partial charge in [0.05, 0.1) is 11.4 Å². The maximum absolute atomic E-state index is 12.5. The average molecular weight is 411 g/mol. The third-order valence-corrected chi connectivity index (χ3v) is 4.82. The van der Waals surface area contributed by atoms with E-state index in [-0.39, 0.29) is 17.4 Å². The van der Waals surface area contributed by atoms with Gasteiger partial charge in [-0.1, -0.05) is 17.8 Å². The van der Waals surface area contributed by atoms with E-state index >= 15 is 0 Å². The molecule has 0 bridgehead atoms. The molecule has 2 heterocycles. The molecule has 0 fully saturated rings. The summed E-state index contributed by atoms with van der Waals surface area (Å²) in [5, 5.41) is 15.4. The van der Waals surface area contributed by atoms with Crippen LogP contribution in [0.25, 0.3) is 5.69 Å². The second-order valence-electron chi connectivity index (χ2n) is 6.16. The number of hydrogen-bond acceptors (Lipinski definition) is 8. The third kappa shape index (κ3) is 4.54. The van der Waals surface area contributed by atoms with Crippen LogP contribution in [0.4, 0.5) is 5.69 Å². The molecule has 1 aliphatic heterocycles. The van der Waals surface area contributed by atoms with Crippen molar-refractivity contribution >= 4 is 29.1 Å². The van der Waals surface area contributed by atoms with Crippen LogP contribution in [0.3, 0.4) is 0 Å². The number of ether oxygens (including phenoxy) is 2. The fraction of sp³-hybridized carbons (Fsp3) is 0.211. The molecule has 1 aromatic heterocycles. The van der Waals surface area contributed by atoms with Gasteiger partial charge in [-0.15, -0.1) is 15.0 Å². The summed E-state index contributed by atoms with van der Waals surface area (Å²) in [6.45, 7) is 2.41. The normalized spacial score (nSPS) is 12.4. The maximum atomic E-state index is 12.5. The van der Waals surface area contributed by atoms with E-state index in [0.29, 0.717) is 46.8 Å². The Morgan fingerprint density at radius 3 is 2.79 bits per heavy atom. The number of aromatic nitrogens is 4. The van der Waals surface area contributed by atoms with E-state index in [0.717, 1.165) is 0 Å². The van der Waals surface area contributed by atoms with E-state index in [1.54, 1.807) is 42.5 Å². The SMILES string of the molecule is CC(=O)Nc1cccc(-n2nnc(SCC(=O)c3ccc4c(c3)OCCO4)n2)c1. The van der Waals surface area contributed by atoms with E-state index in [1.807, 2.05) is 0 Å². The highest BCUT2D eigenvalue weighted by Gasteiger charge is 2.16. The van der Waals surface area contributed by atoms with Crippen molar-refractivity contribution in [2.24, 2.45) is 0 Å². The Labute approximate surface area is 170 Å². The summed E-state index contributed by atoms with van der Waals surface area (Å²) in [6.07, 6.45) is 0. The van der Waals surface area contributed by atoms with Gasteiger partial charge in [0.2, 0.25) is 11.1 Å². The molecule has 29 heavy (non-hydrogen) atoms. The molecule has 0 aliphatic carbocycles. The number of hydrogen-bond donors (Lipinski definition) is 1. The first-order valence-electron chi connectivity index (χ1n) is 8.82. The smallest absolute Gasteiger partial charge is 0.232 e. The van der Waals surface area contributed by atoms with Crippen LogP contribution in [0.15, 0.2) is 47.6 Å². The molecule has 1 aliphatic rings. The first-order valence-corrected chi connectivity index (χ1v) is 9.81. The van der Waals surface area contributed by atoms with E-state index < -0.39 is 0 Å². The highest BCUT2D eigenvalue weighted by molar-refractivity contribution is 7.99. The summed E-state index contributed by atoms with van der Waals surface area (Å²) in [4.78, 5) is 25.0. The molecule has 10 heteroatoms. The Kier molecular flexibility index (Phi) is 5.43. The Morgan fingerprint density at radius 1 is 1.14 bits per heavy atom. The fourth-order valence-electron chi connectivity index (χ4n) is 2.71. The number of anilines is 1. The summed E-state index contributed by atoms with van der Waals surface area (Å²) in [6, 6.07) is 12.2. The predicted octanol–water partition coefficient (Wildman–Crippen LogP) is 2.37. The number of thioether (sulfide) groups is 1. The number of fused-ring (bicyclic) bond motifs is 1. The first kappa shape index (κ1) is 18.9. The molecule has 0 unspecified atom stereocenters. The number of nitrogens with zero attached hydrogens (tertiary/aromatic N) is 4. The van der Waals surface area contributed by atoms with Crippen molar-refractivity contribution in [2.45, 2.75) is 12.1 Å². The van der Waals surface area contributed by atoms with Crippen molar-refractivity contribution in [1.29, 1.82) is 0 Å². The minimum atomic E-state index is -0.164. The fourth-order valence-corrected chi connectivity index (χ4v) is 3.37. The molecule has 0 atom stereocenters. The van der Waals surface area contributed by atoms with E-state index in [4.69, 9.17) is 9.47 Å². The van der Waals surface area contributed by atoms with Crippen LogP contribution in [-0.2, 0) is 4.79 Å². The number of benzene rings is 2. The topological polar surface area (TPSA) is 108 Å². The number of nitrogens with one attached hydrogen (secondary N) is 1. The Bertz CT molecular complexity index is 1070. The van der Waals surface area contributed by atoms with Crippen molar-refractivity contribution in [2.75, 3.05) is 24.3 Å². The van der Waals surface area contributed by atoms with Gasteiger partial charge in [-0.05, 0) is 41.6 Å². The molecule has 0 radical (unpaired) electrons. The van der Waals surface area contributed by atoms with Crippen molar-refractivity contribution in [3.8, 4) is 17.2 Å². The molecule has 9 nitrogen and oxygen atoms in total. The number of ketones is 1. The van der Waals surface area contributed by atoms with Crippen LogP contribution >= 0.6 is 11.8 Å². The summed E-state index contributed by atoms with van der Waals surface area (Å²) >= 11 is 1.19. The monoisotopic (exact) mass is 411 g/mol. The molecule has 148 valence electrons. The van der Waals surface area contributed by atoms with Gasteiger partial charge in [0, 0.05) is 18.2 Å². The van der Waals surface area contributed by atoms with Crippen LogP contribution in [0.5, 0.6) is 11.5 Å². The summed E-state index contributed by atoms with van der Waals surface area (Å²) in [5.41, 5.74) is 1.82. The lowest BCUT2D eigenvalue weighted by Gasteiger charge is -2.18. The van der Waals surface area contributed by atoms with Gasteiger partial charge in [-0.3, -0.25) is 9.59 Å². The van der Waals surface area contributed by atoms with Crippen LogP contribution in [0.1, 0.15) is 17.3 Å². The van der Waals surface area contributed by atoms with Gasteiger partial charge in [-0.25, -0.2) is 0 Å². The molecule has 4 rings (SSSR count). The molecule has 3 aromatic rings. The zero-order valence-electron chi connectivity index (χ0n) is 15.5. The zero-order valence-corrected chi connectivity index (χ0v) is 16.3. The minimum Gasteiger partial charge on any atom is -0.486 e. The zero-order chi connectivity index (χ0) is 20.2. The number of tetrazole rings is 1. The van der Waals surface area contributed by atoms with Crippen molar-refractivity contribution in [3.63, 3.8) is 0 Å². The molecular weight excluding hydrogens is 394 g/mol. The first-order chi connectivity index (χ1) is 14.1. The Balaban J connectivity index is 1.41. The molecule has 1 N–H and O–H groups in total. The molecule has 1 amide bonds. The maximum Gasteiger partial charge on any atom is 0.232 e. The second-order valence-corrected chi connectivity index (χ2v) is 7.11. The lowest BCUT2D eigenvalue weighted by molar-refractivity contribution is -0.114. The van der Waals surface area contributed by atoms with Crippen molar-refractivity contribution < 1.29 is 19.1 Å². The Hall–Kier alpha value is -3.40. The quantitative estimate of drug-likeness (QED) is 0.486. The number of amides is 1. The number of rotatable bonds is 6.